The summed E-state index contributed by atoms with van der Waals surface area (Å²) in [5.41, 5.74) is 3.59. The minimum atomic E-state index is 0.176. The molecule has 1 aliphatic carbocycles. The fraction of sp³-hybridized carbons (Fsp3) is 0.389. The van der Waals surface area contributed by atoms with Crippen LogP contribution in [0.25, 0.3) is 0 Å². The number of carbonyl (C=O) groups is 1. The molecule has 0 unspecified atom stereocenters. The number of carbonyl (C=O) groups excluding carboxylic acids is 1. The standard InChI is InChI=1S/C18H21NO2/c1-13-6-9-17(21-13)11-19(2)12-18(20)16-8-7-14-4-3-5-15(14)10-16/h6-10H,3-5,11-12H2,1-2H3. The van der Waals surface area contributed by atoms with Crippen molar-refractivity contribution in [3.63, 3.8) is 0 Å². The van der Waals surface area contributed by atoms with Gasteiger partial charge in [0.25, 0.3) is 0 Å². The monoisotopic (exact) mass is 283 g/mol. The molecule has 1 aliphatic rings. The molecule has 21 heavy (non-hydrogen) atoms. The van der Waals surface area contributed by atoms with E-state index in [9.17, 15) is 4.79 Å². The number of hydrogen-bond donors (Lipinski definition) is 0. The first-order valence-corrected chi connectivity index (χ1v) is 7.50. The number of furan rings is 1. The van der Waals surface area contributed by atoms with Gasteiger partial charge in [-0.1, -0.05) is 12.1 Å². The maximum atomic E-state index is 12.4. The maximum absolute atomic E-state index is 12.4. The van der Waals surface area contributed by atoms with E-state index in [0.717, 1.165) is 29.9 Å². The van der Waals surface area contributed by atoms with Crippen LogP contribution in [0.3, 0.4) is 0 Å². The summed E-state index contributed by atoms with van der Waals surface area (Å²) < 4.78 is 5.55. The molecule has 0 amide bonds. The maximum Gasteiger partial charge on any atom is 0.176 e. The Morgan fingerprint density at radius 3 is 2.76 bits per heavy atom. The minimum absolute atomic E-state index is 0.176. The lowest BCUT2D eigenvalue weighted by Crippen LogP contribution is -2.25. The molecule has 1 heterocycles. The molecule has 1 aromatic heterocycles. The first-order chi connectivity index (χ1) is 10.1. The second kappa shape index (κ2) is 5.86. The van der Waals surface area contributed by atoms with Crippen molar-refractivity contribution in [2.75, 3.05) is 13.6 Å². The second-order valence-electron chi connectivity index (χ2n) is 5.94. The summed E-state index contributed by atoms with van der Waals surface area (Å²) in [6.45, 7) is 3.00. The predicted molar refractivity (Wildman–Crippen MR) is 82.6 cm³/mol. The molecule has 0 atom stereocenters. The number of ketones is 1. The number of likely N-dealkylation sites (N-methyl/N-ethyl adjacent to an activating group) is 1. The topological polar surface area (TPSA) is 33.5 Å². The molecule has 0 saturated carbocycles. The molecule has 0 spiro atoms. The predicted octanol–water partition coefficient (Wildman–Crippen LogP) is 3.39. The third kappa shape index (κ3) is 3.24. The van der Waals surface area contributed by atoms with Gasteiger partial charge in [-0.05, 0) is 62.6 Å². The van der Waals surface area contributed by atoms with E-state index in [0.29, 0.717) is 13.1 Å². The van der Waals surface area contributed by atoms with Gasteiger partial charge in [-0.3, -0.25) is 9.69 Å². The highest BCUT2D eigenvalue weighted by atomic mass is 16.3. The Labute approximate surface area is 125 Å². The van der Waals surface area contributed by atoms with Crippen molar-refractivity contribution in [3.05, 3.63) is 58.5 Å². The summed E-state index contributed by atoms with van der Waals surface area (Å²) in [7, 11) is 1.95. The molecule has 0 N–H and O–H groups in total. The number of benzene rings is 1. The van der Waals surface area contributed by atoms with E-state index in [1.54, 1.807) is 0 Å². The van der Waals surface area contributed by atoms with E-state index in [-0.39, 0.29) is 5.78 Å². The van der Waals surface area contributed by atoms with Crippen LogP contribution in [0.1, 0.15) is 39.4 Å². The van der Waals surface area contributed by atoms with Gasteiger partial charge in [0.2, 0.25) is 0 Å². The Kier molecular flexibility index (Phi) is 3.93. The van der Waals surface area contributed by atoms with Crippen LogP contribution in [0.5, 0.6) is 0 Å². The second-order valence-corrected chi connectivity index (χ2v) is 5.94. The van der Waals surface area contributed by atoms with E-state index in [1.807, 2.05) is 37.1 Å². The van der Waals surface area contributed by atoms with Crippen LogP contribution in [-0.4, -0.2) is 24.3 Å². The highest BCUT2D eigenvalue weighted by molar-refractivity contribution is 5.97. The Bertz CT molecular complexity index is 657. The molecule has 0 aliphatic heterocycles. The van der Waals surface area contributed by atoms with E-state index in [2.05, 4.69) is 12.1 Å². The summed E-state index contributed by atoms with van der Waals surface area (Å²) in [4.78, 5) is 14.4. The number of Topliss-reactive ketones (excluding diaryl/α,β-unsaturated/α-hetero) is 1. The zero-order valence-electron chi connectivity index (χ0n) is 12.7. The molecule has 1 aromatic carbocycles. The first kappa shape index (κ1) is 14.1. The molecule has 110 valence electrons. The quantitative estimate of drug-likeness (QED) is 0.789. The molecule has 0 bridgehead atoms. The van der Waals surface area contributed by atoms with Gasteiger partial charge >= 0.3 is 0 Å². The van der Waals surface area contributed by atoms with Gasteiger partial charge in [-0.2, -0.15) is 0 Å². The van der Waals surface area contributed by atoms with Gasteiger partial charge in [0.15, 0.2) is 5.78 Å². The van der Waals surface area contributed by atoms with E-state index < -0.39 is 0 Å². The van der Waals surface area contributed by atoms with E-state index >= 15 is 0 Å². The van der Waals surface area contributed by atoms with Gasteiger partial charge in [-0.15, -0.1) is 0 Å². The van der Waals surface area contributed by atoms with Crippen molar-refractivity contribution in [1.29, 1.82) is 0 Å². The molecule has 0 radical (unpaired) electrons. The Balaban J connectivity index is 1.63. The fourth-order valence-corrected chi connectivity index (χ4v) is 2.97. The average molecular weight is 283 g/mol. The van der Waals surface area contributed by atoms with Crippen LogP contribution in [0.2, 0.25) is 0 Å². The van der Waals surface area contributed by atoms with Crippen molar-refractivity contribution in [2.45, 2.75) is 32.7 Å². The molecule has 3 heteroatoms. The molecular weight excluding hydrogens is 262 g/mol. The van der Waals surface area contributed by atoms with Crippen molar-refractivity contribution >= 4 is 5.78 Å². The van der Waals surface area contributed by atoms with Crippen LogP contribution >= 0.6 is 0 Å². The summed E-state index contributed by atoms with van der Waals surface area (Å²) in [5.74, 6) is 1.98. The Hall–Kier alpha value is -1.87. The van der Waals surface area contributed by atoms with Crippen LogP contribution in [0.15, 0.2) is 34.7 Å². The lowest BCUT2D eigenvalue weighted by molar-refractivity contribution is 0.0939. The number of nitrogens with zero attached hydrogens (tertiary/aromatic N) is 1. The first-order valence-electron chi connectivity index (χ1n) is 7.50. The number of rotatable bonds is 5. The Morgan fingerprint density at radius 1 is 1.19 bits per heavy atom. The lowest BCUT2D eigenvalue weighted by Gasteiger charge is -2.14. The van der Waals surface area contributed by atoms with Crippen molar-refractivity contribution in [2.24, 2.45) is 0 Å². The normalized spacial score (nSPS) is 13.7. The zero-order chi connectivity index (χ0) is 14.8. The average Bonchev–Trinajstić information content (AvgIpc) is 3.06. The van der Waals surface area contributed by atoms with Crippen LogP contribution < -0.4 is 0 Å². The molecule has 3 nitrogen and oxygen atoms in total. The van der Waals surface area contributed by atoms with Crippen molar-refractivity contribution < 1.29 is 9.21 Å². The van der Waals surface area contributed by atoms with Gasteiger partial charge in [-0.25, -0.2) is 0 Å². The van der Waals surface area contributed by atoms with Gasteiger partial charge < -0.3 is 4.42 Å². The van der Waals surface area contributed by atoms with E-state index in [4.69, 9.17) is 4.42 Å². The molecule has 3 rings (SSSR count). The third-order valence-electron chi connectivity index (χ3n) is 4.06. The highest BCUT2D eigenvalue weighted by Crippen LogP contribution is 2.23. The number of hydrogen-bond acceptors (Lipinski definition) is 3. The number of fused-ring (bicyclic) bond motifs is 1. The SMILES string of the molecule is Cc1ccc(CN(C)CC(=O)c2ccc3c(c2)CCC3)o1. The summed E-state index contributed by atoms with van der Waals surface area (Å²) in [5, 5.41) is 0. The number of aryl methyl sites for hydroxylation is 3. The van der Waals surface area contributed by atoms with Crippen LogP contribution in [-0.2, 0) is 19.4 Å². The Morgan fingerprint density at radius 2 is 2.00 bits per heavy atom. The molecule has 2 aromatic rings. The van der Waals surface area contributed by atoms with Crippen molar-refractivity contribution in [3.8, 4) is 0 Å². The lowest BCUT2D eigenvalue weighted by atomic mass is 10.0. The molecular formula is C18H21NO2. The summed E-state index contributed by atoms with van der Waals surface area (Å²) in [6, 6.07) is 10.1. The third-order valence-corrected chi connectivity index (χ3v) is 4.06. The van der Waals surface area contributed by atoms with Crippen LogP contribution in [0, 0.1) is 6.92 Å². The zero-order valence-corrected chi connectivity index (χ0v) is 12.7. The molecule has 0 fully saturated rings. The van der Waals surface area contributed by atoms with E-state index in [1.165, 1.54) is 17.5 Å². The van der Waals surface area contributed by atoms with Crippen LogP contribution in [0.4, 0.5) is 0 Å². The fourth-order valence-electron chi connectivity index (χ4n) is 2.97. The smallest absolute Gasteiger partial charge is 0.176 e. The van der Waals surface area contributed by atoms with Crippen molar-refractivity contribution in [1.82, 2.24) is 4.90 Å². The molecule has 0 saturated heterocycles. The minimum Gasteiger partial charge on any atom is -0.465 e. The van der Waals surface area contributed by atoms with Gasteiger partial charge in [0, 0.05) is 5.56 Å². The largest absolute Gasteiger partial charge is 0.465 e. The highest BCUT2D eigenvalue weighted by Gasteiger charge is 2.15. The summed E-state index contributed by atoms with van der Waals surface area (Å²) in [6.07, 6.45) is 3.48. The van der Waals surface area contributed by atoms with Gasteiger partial charge in [0.1, 0.15) is 11.5 Å². The summed E-state index contributed by atoms with van der Waals surface area (Å²) >= 11 is 0. The van der Waals surface area contributed by atoms with Gasteiger partial charge in [0.05, 0.1) is 13.1 Å².